The second-order valence-corrected chi connectivity index (χ2v) is 17.7. The van der Waals surface area contributed by atoms with E-state index in [1.807, 2.05) is 0 Å². The van der Waals surface area contributed by atoms with Crippen LogP contribution in [0.4, 0.5) is 0 Å². The highest BCUT2D eigenvalue weighted by atomic mass is 17.2. The van der Waals surface area contributed by atoms with Crippen molar-refractivity contribution in [3.8, 4) is 11.5 Å². The highest BCUT2D eigenvalue weighted by Crippen LogP contribution is 2.29. The summed E-state index contributed by atoms with van der Waals surface area (Å²) in [4.78, 5) is 119. The van der Waals surface area contributed by atoms with E-state index in [2.05, 4.69) is 27.7 Å². The van der Waals surface area contributed by atoms with Crippen LogP contribution in [0.1, 0.15) is 242 Å². The molecule has 0 heterocycles. The first-order valence-corrected chi connectivity index (χ1v) is 25.4. The first-order chi connectivity index (χ1) is 33.9. The lowest BCUT2D eigenvalue weighted by Crippen LogP contribution is -2.19. The Labute approximate surface area is 413 Å². The second kappa shape index (κ2) is 30.8. The molecule has 374 valence electrons. The van der Waals surface area contributed by atoms with Gasteiger partial charge in [-0.15, -0.1) is 0 Å². The minimum Gasteiger partial charge on any atom is -0.426 e. The van der Waals surface area contributed by atoms with Crippen LogP contribution in [0.5, 0.6) is 11.5 Å². The van der Waals surface area contributed by atoms with Gasteiger partial charge in [-0.2, -0.15) is 0 Å². The van der Waals surface area contributed by atoms with Gasteiger partial charge in [0.2, 0.25) is 0 Å². The van der Waals surface area contributed by atoms with Crippen LogP contribution in [0.2, 0.25) is 0 Å². The van der Waals surface area contributed by atoms with Gasteiger partial charge < -0.3 is 9.47 Å². The largest absolute Gasteiger partial charge is 0.426 e. The zero-order valence-electron chi connectivity index (χ0n) is 41.5. The maximum absolute atomic E-state index is 14.4. The molecule has 4 aromatic rings. The molecule has 4 aromatic carbocycles. The average Bonchev–Trinajstić information content (AvgIpc) is 3.37. The predicted molar refractivity (Wildman–Crippen MR) is 268 cm³/mol. The van der Waals surface area contributed by atoms with Crippen molar-refractivity contribution in [1.29, 1.82) is 0 Å². The molecule has 0 aliphatic carbocycles. The maximum Gasteiger partial charge on any atom is 0.387 e. The van der Waals surface area contributed by atoms with Crippen LogP contribution in [0, 0.1) is 0 Å². The van der Waals surface area contributed by atoms with Crippen LogP contribution in [0.25, 0.3) is 0 Å². The Morgan fingerprint density at radius 2 is 0.657 bits per heavy atom. The van der Waals surface area contributed by atoms with Crippen LogP contribution in [0.3, 0.4) is 0 Å². The van der Waals surface area contributed by atoms with E-state index in [0.29, 0.717) is 25.7 Å². The predicted octanol–water partition coefficient (Wildman–Crippen LogP) is 13.9. The monoisotopic (exact) mass is 958 g/mol. The summed E-state index contributed by atoms with van der Waals surface area (Å²) in [5, 5.41) is 0. The lowest BCUT2D eigenvalue weighted by molar-refractivity contribution is -0.187. The van der Waals surface area contributed by atoms with Crippen molar-refractivity contribution in [3.05, 3.63) is 129 Å². The molecular weight excluding hydrogens is 889 g/mol. The van der Waals surface area contributed by atoms with Crippen molar-refractivity contribution in [2.75, 3.05) is 0 Å². The summed E-state index contributed by atoms with van der Waals surface area (Å²) in [5.74, 6) is -5.62. The lowest BCUT2D eigenvalue weighted by Gasteiger charge is -2.14. The number of carbonyl (C=O) groups excluding carboxylic acids is 8. The molecule has 0 saturated carbocycles. The van der Waals surface area contributed by atoms with Gasteiger partial charge in [-0.3, -0.25) is 28.8 Å². The van der Waals surface area contributed by atoms with Crippen molar-refractivity contribution in [2.24, 2.45) is 0 Å². The molecule has 0 spiro atoms. The third-order valence-corrected chi connectivity index (χ3v) is 12.0. The number of ether oxygens (including phenoxy) is 2. The normalized spacial score (nSPS) is 10.9. The molecule has 0 unspecified atom stereocenters. The van der Waals surface area contributed by atoms with E-state index in [1.54, 1.807) is 0 Å². The SMILES string of the molecule is CCCCCCCC(=O)c1ccc(OC(=O)CCCCCC)c(C(=O)c2ccccc2C(=O)OOC(=O)c2ccccc2C(=O)c2cc(C(=O)CCCCCCC)ccc2OC(=O)CCCCCC)c1. The third-order valence-electron chi connectivity index (χ3n) is 12.0. The zero-order chi connectivity index (χ0) is 50.7. The summed E-state index contributed by atoms with van der Waals surface area (Å²) in [7, 11) is 0. The number of unbranched alkanes of at least 4 members (excludes halogenated alkanes) is 14. The molecule has 0 aliphatic heterocycles. The van der Waals surface area contributed by atoms with E-state index in [1.165, 1.54) is 84.9 Å². The van der Waals surface area contributed by atoms with Gasteiger partial charge in [0.1, 0.15) is 11.5 Å². The van der Waals surface area contributed by atoms with Gasteiger partial charge in [0.05, 0.1) is 22.3 Å². The summed E-state index contributed by atoms with van der Waals surface area (Å²) in [6.07, 6.45) is 16.9. The number of hydrogen-bond acceptors (Lipinski definition) is 12. The summed E-state index contributed by atoms with van der Waals surface area (Å²) >= 11 is 0. The molecule has 0 saturated heterocycles. The summed E-state index contributed by atoms with van der Waals surface area (Å²) < 4.78 is 11.4. The van der Waals surface area contributed by atoms with Gasteiger partial charge in [-0.05, 0) is 74.2 Å². The van der Waals surface area contributed by atoms with Crippen molar-refractivity contribution in [3.63, 3.8) is 0 Å². The van der Waals surface area contributed by atoms with Crippen LogP contribution in [0.15, 0.2) is 84.9 Å². The molecule has 70 heavy (non-hydrogen) atoms. The summed E-state index contributed by atoms with van der Waals surface area (Å²) in [6, 6.07) is 19.8. The highest BCUT2D eigenvalue weighted by molar-refractivity contribution is 6.18. The molecule has 0 amide bonds. The van der Waals surface area contributed by atoms with Crippen molar-refractivity contribution in [1.82, 2.24) is 0 Å². The Kier molecular flexibility index (Phi) is 24.7. The topological polar surface area (TPSA) is 173 Å². The molecule has 0 fully saturated rings. The second-order valence-electron chi connectivity index (χ2n) is 17.7. The Morgan fingerprint density at radius 1 is 0.343 bits per heavy atom. The molecule has 12 heteroatoms. The van der Waals surface area contributed by atoms with E-state index in [0.717, 1.165) is 89.9 Å². The number of carbonyl (C=O) groups is 8. The van der Waals surface area contributed by atoms with Gasteiger partial charge in [0.25, 0.3) is 0 Å². The van der Waals surface area contributed by atoms with Crippen molar-refractivity contribution >= 4 is 47.0 Å². The summed E-state index contributed by atoms with van der Waals surface area (Å²) in [5.41, 5.74) is -0.743. The van der Waals surface area contributed by atoms with Gasteiger partial charge in [-0.1, -0.05) is 154 Å². The van der Waals surface area contributed by atoms with Gasteiger partial charge in [-0.25, -0.2) is 19.4 Å². The number of esters is 2. The van der Waals surface area contributed by atoms with E-state index in [4.69, 9.17) is 19.2 Å². The molecular formula is C58H70O12. The third kappa shape index (κ3) is 17.8. The number of hydrogen-bond donors (Lipinski definition) is 0. The first-order valence-electron chi connectivity index (χ1n) is 25.4. The lowest BCUT2D eigenvalue weighted by atomic mass is 9.94. The number of rotatable bonds is 32. The van der Waals surface area contributed by atoms with Gasteiger partial charge in [0.15, 0.2) is 23.1 Å². The maximum atomic E-state index is 14.4. The Bertz CT molecular complexity index is 2250. The first kappa shape index (κ1) is 56.0. The van der Waals surface area contributed by atoms with Crippen LogP contribution in [-0.4, -0.2) is 47.0 Å². The zero-order valence-corrected chi connectivity index (χ0v) is 41.5. The smallest absolute Gasteiger partial charge is 0.387 e. The fourth-order valence-electron chi connectivity index (χ4n) is 7.92. The van der Waals surface area contributed by atoms with E-state index < -0.39 is 35.4 Å². The van der Waals surface area contributed by atoms with Crippen LogP contribution in [-0.2, 0) is 19.4 Å². The van der Waals surface area contributed by atoms with E-state index >= 15 is 0 Å². The fourth-order valence-corrected chi connectivity index (χ4v) is 7.92. The minimum absolute atomic E-state index is 0.0805. The molecule has 12 nitrogen and oxygen atoms in total. The van der Waals surface area contributed by atoms with Gasteiger partial charge in [0, 0.05) is 47.9 Å². The molecule has 0 atom stereocenters. The molecule has 4 rings (SSSR count). The summed E-state index contributed by atoms with van der Waals surface area (Å²) in [6.45, 7) is 8.33. The van der Waals surface area contributed by atoms with Gasteiger partial charge >= 0.3 is 23.9 Å². The van der Waals surface area contributed by atoms with Crippen molar-refractivity contribution < 1.29 is 57.6 Å². The number of Topliss-reactive ketones (excluding diaryl/α,β-unsaturated/α-hetero) is 2. The van der Waals surface area contributed by atoms with E-state index in [9.17, 15) is 38.4 Å². The fraction of sp³-hybridized carbons (Fsp3) is 0.448. The molecule has 0 bridgehead atoms. The average molecular weight is 959 g/mol. The minimum atomic E-state index is -1.23. The molecule has 0 N–H and O–H groups in total. The molecule has 0 radical (unpaired) electrons. The van der Waals surface area contributed by atoms with Crippen LogP contribution < -0.4 is 9.47 Å². The van der Waals surface area contributed by atoms with E-state index in [-0.39, 0.29) is 93.3 Å². The van der Waals surface area contributed by atoms with Crippen LogP contribution >= 0.6 is 0 Å². The molecule has 0 aromatic heterocycles. The number of benzene rings is 4. The quantitative estimate of drug-likeness (QED) is 0.0113. The molecule has 0 aliphatic rings. The number of ketones is 4. The Morgan fingerprint density at radius 3 is 1.01 bits per heavy atom. The standard InChI is InChI=1S/C58H70O12/c1-5-9-13-17-19-31-49(59)41-35-37-51(67-53(61)33-21-15-11-7-3)47(39-41)55(63)43-27-23-25-29-45(43)57(65)69-70-58(66)46-30-26-24-28-44(46)56(64)48-40-42(50(60)32-20-18-14-10-6-2)36-38-52(48)68-54(62)34-22-16-12-8-4/h23-30,35-40H,5-22,31-34H2,1-4H3. The Hall–Kier alpha value is -6.56. The van der Waals surface area contributed by atoms with Crippen molar-refractivity contribution in [2.45, 2.75) is 169 Å². The Balaban J connectivity index is 1.59. The highest BCUT2D eigenvalue weighted by Gasteiger charge is 2.28.